The molecular formula is C19H17N5O2. The van der Waals surface area contributed by atoms with Gasteiger partial charge in [0.1, 0.15) is 11.4 Å². The van der Waals surface area contributed by atoms with E-state index in [1.165, 1.54) is 6.07 Å². The molecule has 2 heterocycles. The van der Waals surface area contributed by atoms with Crippen LogP contribution in [0.3, 0.4) is 0 Å². The molecule has 0 spiro atoms. The average molecular weight is 347 g/mol. The van der Waals surface area contributed by atoms with Crippen molar-refractivity contribution in [3.8, 4) is 29.4 Å². The molecule has 1 aromatic carbocycles. The number of nitrogens with one attached hydrogen (secondary N) is 1. The van der Waals surface area contributed by atoms with Gasteiger partial charge in [0.05, 0.1) is 23.4 Å². The van der Waals surface area contributed by atoms with Crippen molar-refractivity contribution < 1.29 is 10.2 Å². The Hall–Kier alpha value is -3.24. The summed E-state index contributed by atoms with van der Waals surface area (Å²) in [6.45, 7) is 1.81. The molecule has 0 bridgehead atoms. The second kappa shape index (κ2) is 5.93. The van der Waals surface area contributed by atoms with Crippen molar-refractivity contribution in [2.45, 2.75) is 31.4 Å². The Morgan fingerprint density at radius 2 is 1.92 bits per heavy atom. The van der Waals surface area contributed by atoms with E-state index in [9.17, 15) is 10.2 Å². The fourth-order valence-corrected chi connectivity index (χ4v) is 3.33. The zero-order valence-electron chi connectivity index (χ0n) is 14.1. The number of phenols is 1. The van der Waals surface area contributed by atoms with Crippen LogP contribution in [-0.2, 0) is 0 Å². The van der Waals surface area contributed by atoms with Gasteiger partial charge in [0.2, 0.25) is 0 Å². The molecule has 7 heteroatoms. The highest BCUT2D eigenvalue weighted by atomic mass is 16.3. The fraction of sp³-hybridized carbons (Fsp3) is 0.263. The second-order valence-corrected chi connectivity index (χ2v) is 6.84. The molecule has 3 aromatic rings. The lowest BCUT2D eigenvalue weighted by Gasteiger charge is -2.41. The maximum absolute atomic E-state index is 10.3. The number of hydrogen-bond acceptors (Lipinski definition) is 7. The predicted molar refractivity (Wildman–Crippen MR) is 97.4 cm³/mol. The van der Waals surface area contributed by atoms with Crippen LogP contribution in [-0.4, -0.2) is 42.3 Å². The topological polar surface area (TPSA) is 104 Å². The highest BCUT2D eigenvalue weighted by Crippen LogP contribution is 2.37. The van der Waals surface area contributed by atoms with Crippen molar-refractivity contribution in [3.05, 3.63) is 36.2 Å². The molecule has 0 unspecified atom stereocenters. The van der Waals surface area contributed by atoms with E-state index in [1.807, 2.05) is 6.92 Å². The molecule has 0 atom stereocenters. The van der Waals surface area contributed by atoms with E-state index < -0.39 is 5.60 Å². The van der Waals surface area contributed by atoms with Crippen LogP contribution in [0.15, 0.2) is 30.6 Å². The third-order valence-electron chi connectivity index (χ3n) is 4.62. The molecule has 2 aromatic heterocycles. The third-order valence-corrected chi connectivity index (χ3v) is 4.62. The summed E-state index contributed by atoms with van der Waals surface area (Å²) in [5, 5.41) is 41.4. The van der Waals surface area contributed by atoms with Crippen LogP contribution in [0.2, 0.25) is 0 Å². The van der Waals surface area contributed by atoms with Crippen molar-refractivity contribution in [2.24, 2.45) is 0 Å². The van der Waals surface area contributed by atoms with Crippen LogP contribution in [0.1, 0.15) is 25.3 Å². The van der Waals surface area contributed by atoms with Crippen LogP contribution in [0.4, 0.5) is 5.82 Å². The van der Waals surface area contributed by atoms with E-state index >= 15 is 0 Å². The number of benzene rings is 1. The SMILES string of the molecule is C#Cc1ccc(-c2nnc(NC3CC(C)(O)C3)c3cnncc23)c(O)c1. The Balaban J connectivity index is 1.76. The number of aromatic nitrogens is 4. The molecule has 0 radical (unpaired) electrons. The van der Waals surface area contributed by atoms with Gasteiger partial charge >= 0.3 is 0 Å². The van der Waals surface area contributed by atoms with Crippen LogP contribution < -0.4 is 5.32 Å². The van der Waals surface area contributed by atoms with Gasteiger partial charge in [-0.05, 0) is 38.0 Å². The van der Waals surface area contributed by atoms with E-state index in [1.54, 1.807) is 24.5 Å². The van der Waals surface area contributed by atoms with Gasteiger partial charge in [-0.2, -0.15) is 10.2 Å². The number of aromatic hydroxyl groups is 1. The summed E-state index contributed by atoms with van der Waals surface area (Å²) in [6, 6.07) is 5.09. The highest BCUT2D eigenvalue weighted by Gasteiger charge is 2.38. The minimum Gasteiger partial charge on any atom is -0.507 e. The van der Waals surface area contributed by atoms with Gasteiger partial charge in [-0.1, -0.05) is 5.92 Å². The number of terminal acetylenes is 1. The maximum atomic E-state index is 10.3. The van der Waals surface area contributed by atoms with E-state index in [0.29, 0.717) is 40.9 Å². The fourth-order valence-electron chi connectivity index (χ4n) is 3.33. The van der Waals surface area contributed by atoms with Gasteiger partial charge in [-0.25, -0.2) is 0 Å². The number of phenolic OH excluding ortho intramolecular Hbond substituents is 1. The summed E-state index contributed by atoms with van der Waals surface area (Å²) < 4.78 is 0. The summed E-state index contributed by atoms with van der Waals surface area (Å²) in [4.78, 5) is 0. The summed E-state index contributed by atoms with van der Waals surface area (Å²) >= 11 is 0. The lowest BCUT2D eigenvalue weighted by molar-refractivity contribution is -0.0235. The number of hydrogen-bond donors (Lipinski definition) is 3. The van der Waals surface area contributed by atoms with Crippen molar-refractivity contribution >= 4 is 16.6 Å². The molecule has 7 nitrogen and oxygen atoms in total. The number of nitrogens with zero attached hydrogens (tertiary/aromatic N) is 4. The zero-order chi connectivity index (χ0) is 18.3. The molecule has 0 amide bonds. The minimum atomic E-state index is -0.634. The predicted octanol–water partition coefficient (Wildman–Crippen LogP) is 2.10. The summed E-state index contributed by atoms with van der Waals surface area (Å²) in [7, 11) is 0. The first kappa shape index (κ1) is 16.2. The van der Waals surface area contributed by atoms with Gasteiger partial charge in [-0.15, -0.1) is 16.6 Å². The first-order valence-electron chi connectivity index (χ1n) is 8.23. The first-order valence-corrected chi connectivity index (χ1v) is 8.23. The normalized spacial score (nSPS) is 21.8. The highest BCUT2D eigenvalue weighted by molar-refractivity contribution is 6.00. The largest absolute Gasteiger partial charge is 0.507 e. The Bertz CT molecular complexity index is 1030. The van der Waals surface area contributed by atoms with Crippen LogP contribution in [0.5, 0.6) is 5.75 Å². The number of aliphatic hydroxyl groups is 1. The van der Waals surface area contributed by atoms with E-state index in [2.05, 4.69) is 31.6 Å². The quantitative estimate of drug-likeness (QED) is 0.623. The smallest absolute Gasteiger partial charge is 0.158 e. The van der Waals surface area contributed by atoms with Crippen LogP contribution in [0, 0.1) is 12.3 Å². The van der Waals surface area contributed by atoms with Gasteiger partial charge < -0.3 is 15.5 Å². The summed E-state index contributed by atoms with van der Waals surface area (Å²) in [5.41, 5.74) is 0.971. The number of fused-ring (bicyclic) bond motifs is 1. The molecule has 0 saturated heterocycles. The molecule has 0 aliphatic heterocycles. The average Bonchev–Trinajstić information content (AvgIpc) is 2.61. The molecule has 1 saturated carbocycles. The van der Waals surface area contributed by atoms with Crippen LogP contribution in [0.25, 0.3) is 22.0 Å². The lowest BCUT2D eigenvalue weighted by atomic mass is 9.77. The maximum Gasteiger partial charge on any atom is 0.158 e. The molecule has 130 valence electrons. The van der Waals surface area contributed by atoms with Crippen molar-refractivity contribution in [3.63, 3.8) is 0 Å². The van der Waals surface area contributed by atoms with Gasteiger partial charge in [0.25, 0.3) is 0 Å². The Labute approximate surface area is 150 Å². The summed E-state index contributed by atoms with van der Waals surface area (Å²) in [5.74, 6) is 3.10. The Morgan fingerprint density at radius 1 is 1.19 bits per heavy atom. The van der Waals surface area contributed by atoms with Gasteiger partial charge in [0, 0.05) is 22.6 Å². The molecular weight excluding hydrogens is 330 g/mol. The first-order chi connectivity index (χ1) is 12.5. The molecule has 26 heavy (non-hydrogen) atoms. The molecule has 1 fully saturated rings. The molecule has 4 rings (SSSR count). The lowest BCUT2D eigenvalue weighted by Crippen LogP contribution is -2.48. The van der Waals surface area contributed by atoms with Gasteiger partial charge in [-0.3, -0.25) is 0 Å². The monoisotopic (exact) mass is 347 g/mol. The molecule has 1 aliphatic rings. The Kier molecular flexibility index (Phi) is 3.71. The zero-order valence-corrected chi connectivity index (χ0v) is 14.1. The van der Waals surface area contributed by atoms with Crippen molar-refractivity contribution in [2.75, 3.05) is 5.32 Å². The van der Waals surface area contributed by atoms with Gasteiger partial charge in [0.15, 0.2) is 5.82 Å². The minimum absolute atomic E-state index is 0.0311. The number of anilines is 1. The number of rotatable bonds is 3. The van der Waals surface area contributed by atoms with E-state index in [-0.39, 0.29) is 11.8 Å². The van der Waals surface area contributed by atoms with Crippen molar-refractivity contribution in [1.29, 1.82) is 0 Å². The molecule has 3 N–H and O–H groups in total. The van der Waals surface area contributed by atoms with Crippen LogP contribution >= 0.6 is 0 Å². The summed E-state index contributed by atoms with van der Waals surface area (Å²) in [6.07, 6.45) is 9.86. The van der Waals surface area contributed by atoms with E-state index in [4.69, 9.17) is 6.42 Å². The second-order valence-electron chi connectivity index (χ2n) is 6.84. The standard InChI is InChI=1S/C19H17N5O2/c1-3-11-4-5-13(16(25)6-11)17-14-9-20-21-10-15(14)18(24-23-17)22-12-7-19(2,26)8-12/h1,4-6,9-10,12,25-26H,7-8H2,2H3,(H,22,24). The Morgan fingerprint density at radius 3 is 2.58 bits per heavy atom. The third kappa shape index (κ3) is 2.80. The van der Waals surface area contributed by atoms with E-state index in [0.717, 1.165) is 5.39 Å². The van der Waals surface area contributed by atoms with Crippen molar-refractivity contribution in [1.82, 2.24) is 20.4 Å². The molecule has 1 aliphatic carbocycles.